The fraction of sp³-hybridized carbons (Fsp3) is 1.00. The Kier molecular flexibility index (Phi) is 5.00. The minimum absolute atomic E-state index is 0.819. The Labute approximate surface area is 125 Å². The van der Waals surface area contributed by atoms with E-state index in [4.69, 9.17) is 0 Å². The van der Waals surface area contributed by atoms with E-state index in [1.807, 2.05) is 0 Å². The molecule has 0 aromatic rings. The molecular weight excluding hydrogens is 246 g/mol. The lowest BCUT2D eigenvalue weighted by Crippen LogP contribution is -2.43. The van der Waals surface area contributed by atoms with Crippen LogP contribution in [-0.2, 0) is 0 Å². The predicted molar refractivity (Wildman–Crippen MR) is 85.1 cm³/mol. The first kappa shape index (κ1) is 14.8. The monoisotopic (exact) mass is 279 g/mol. The molecule has 20 heavy (non-hydrogen) atoms. The van der Waals surface area contributed by atoms with Gasteiger partial charge in [0.05, 0.1) is 0 Å². The maximum Gasteiger partial charge on any atom is 0.0238 e. The molecule has 3 heteroatoms. The number of piperidine rings is 1. The van der Waals surface area contributed by atoms with Crippen LogP contribution >= 0.6 is 0 Å². The molecule has 1 aliphatic carbocycles. The molecule has 0 aromatic carbocycles. The number of nitrogens with one attached hydrogen (secondary N) is 1. The van der Waals surface area contributed by atoms with Crippen LogP contribution in [0.4, 0.5) is 0 Å². The zero-order valence-electron chi connectivity index (χ0n) is 13.5. The van der Waals surface area contributed by atoms with E-state index < -0.39 is 0 Å². The summed E-state index contributed by atoms with van der Waals surface area (Å²) in [4.78, 5) is 5.64. The first-order chi connectivity index (χ1) is 9.78. The molecule has 1 saturated carbocycles. The van der Waals surface area contributed by atoms with E-state index in [2.05, 4.69) is 29.0 Å². The quantitative estimate of drug-likeness (QED) is 0.805. The normalized spacial score (nSPS) is 33.1. The van der Waals surface area contributed by atoms with Gasteiger partial charge in [0, 0.05) is 31.2 Å². The summed E-state index contributed by atoms with van der Waals surface area (Å²) in [7, 11) is 0. The van der Waals surface area contributed by atoms with Gasteiger partial charge in [0.2, 0.25) is 0 Å². The highest BCUT2D eigenvalue weighted by Crippen LogP contribution is 2.35. The molecule has 2 unspecified atom stereocenters. The van der Waals surface area contributed by atoms with Crippen LogP contribution in [-0.4, -0.2) is 60.6 Å². The Morgan fingerprint density at radius 2 is 1.90 bits per heavy atom. The molecular formula is C17H33N3. The number of nitrogens with zero attached hydrogens (tertiary/aromatic N) is 2. The van der Waals surface area contributed by atoms with Crippen LogP contribution in [0.5, 0.6) is 0 Å². The highest BCUT2D eigenvalue weighted by atomic mass is 15.3. The number of rotatable bonds is 6. The lowest BCUT2D eigenvalue weighted by Gasteiger charge is -2.34. The van der Waals surface area contributed by atoms with Gasteiger partial charge >= 0.3 is 0 Å². The van der Waals surface area contributed by atoms with Crippen LogP contribution in [0.3, 0.4) is 0 Å². The summed E-state index contributed by atoms with van der Waals surface area (Å²) in [5.41, 5.74) is 0. The van der Waals surface area contributed by atoms with Gasteiger partial charge in [-0.1, -0.05) is 6.92 Å². The van der Waals surface area contributed by atoms with Crippen molar-refractivity contribution in [2.45, 2.75) is 70.5 Å². The summed E-state index contributed by atoms with van der Waals surface area (Å²) < 4.78 is 0. The van der Waals surface area contributed by atoms with E-state index in [1.54, 1.807) is 0 Å². The fourth-order valence-corrected chi connectivity index (χ4v) is 4.31. The molecule has 0 spiro atoms. The lowest BCUT2D eigenvalue weighted by molar-refractivity contribution is 0.149. The maximum absolute atomic E-state index is 3.50. The average Bonchev–Trinajstić information content (AvgIpc) is 3.22. The molecule has 0 bridgehead atoms. The molecule has 2 aliphatic heterocycles. The van der Waals surface area contributed by atoms with Gasteiger partial charge < -0.3 is 5.32 Å². The minimum atomic E-state index is 0.819. The number of hydrogen-bond donors (Lipinski definition) is 1. The van der Waals surface area contributed by atoms with Crippen molar-refractivity contribution < 1.29 is 0 Å². The Balaban J connectivity index is 1.55. The number of hydrogen-bond acceptors (Lipinski definition) is 3. The molecule has 3 aliphatic rings. The molecule has 0 aromatic heterocycles. The smallest absolute Gasteiger partial charge is 0.0238 e. The SMILES string of the molecule is CCCN(CC1CCNCC1)C1CC(C)N(C2CC2)C1. The third-order valence-electron chi connectivity index (χ3n) is 5.60. The van der Waals surface area contributed by atoms with Gasteiger partial charge in [-0.05, 0) is 71.0 Å². The van der Waals surface area contributed by atoms with E-state index in [1.165, 1.54) is 71.2 Å². The van der Waals surface area contributed by atoms with Gasteiger partial charge in [-0.15, -0.1) is 0 Å². The summed E-state index contributed by atoms with van der Waals surface area (Å²) >= 11 is 0. The third kappa shape index (κ3) is 3.55. The van der Waals surface area contributed by atoms with Gasteiger partial charge in [-0.3, -0.25) is 9.80 Å². The van der Waals surface area contributed by atoms with Crippen LogP contribution in [0.25, 0.3) is 0 Å². The zero-order chi connectivity index (χ0) is 13.9. The largest absolute Gasteiger partial charge is 0.317 e. The Morgan fingerprint density at radius 3 is 2.55 bits per heavy atom. The molecule has 2 saturated heterocycles. The summed E-state index contributed by atoms with van der Waals surface area (Å²) in [5.74, 6) is 0.938. The highest BCUT2D eigenvalue weighted by Gasteiger charge is 2.40. The van der Waals surface area contributed by atoms with Crippen molar-refractivity contribution in [1.29, 1.82) is 0 Å². The Bertz CT molecular complexity index is 297. The van der Waals surface area contributed by atoms with Crippen molar-refractivity contribution in [3.8, 4) is 0 Å². The van der Waals surface area contributed by atoms with Gasteiger partial charge in [-0.25, -0.2) is 0 Å². The summed E-state index contributed by atoms with van der Waals surface area (Å²) in [6, 6.07) is 2.60. The van der Waals surface area contributed by atoms with Crippen LogP contribution in [0.15, 0.2) is 0 Å². The second kappa shape index (κ2) is 6.76. The van der Waals surface area contributed by atoms with E-state index in [-0.39, 0.29) is 0 Å². The molecule has 0 amide bonds. The fourth-order valence-electron chi connectivity index (χ4n) is 4.31. The Morgan fingerprint density at radius 1 is 1.15 bits per heavy atom. The summed E-state index contributed by atoms with van der Waals surface area (Å²) in [6.07, 6.45) is 8.39. The topological polar surface area (TPSA) is 18.5 Å². The van der Waals surface area contributed by atoms with E-state index in [0.717, 1.165) is 24.0 Å². The van der Waals surface area contributed by atoms with Crippen LogP contribution < -0.4 is 5.32 Å². The first-order valence-corrected chi connectivity index (χ1v) is 8.98. The summed E-state index contributed by atoms with van der Waals surface area (Å²) in [6.45, 7) is 11.3. The predicted octanol–water partition coefficient (Wildman–Crippen LogP) is 2.32. The van der Waals surface area contributed by atoms with Crippen molar-refractivity contribution in [2.24, 2.45) is 5.92 Å². The molecule has 0 radical (unpaired) electrons. The zero-order valence-corrected chi connectivity index (χ0v) is 13.5. The second-order valence-corrected chi connectivity index (χ2v) is 7.35. The minimum Gasteiger partial charge on any atom is -0.317 e. The van der Waals surface area contributed by atoms with Crippen molar-refractivity contribution in [2.75, 3.05) is 32.7 Å². The molecule has 3 rings (SSSR count). The van der Waals surface area contributed by atoms with E-state index in [0.29, 0.717) is 0 Å². The van der Waals surface area contributed by atoms with Gasteiger partial charge in [0.25, 0.3) is 0 Å². The van der Waals surface area contributed by atoms with Gasteiger partial charge in [-0.2, -0.15) is 0 Å². The highest BCUT2D eigenvalue weighted by molar-refractivity contribution is 4.97. The lowest BCUT2D eigenvalue weighted by atomic mass is 9.96. The molecule has 1 N–H and O–H groups in total. The maximum atomic E-state index is 3.50. The van der Waals surface area contributed by atoms with E-state index >= 15 is 0 Å². The van der Waals surface area contributed by atoms with Crippen molar-refractivity contribution in [1.82, 2.24) is 15.1 Å². The van der Waals surface area contributed by atoms with Crippen LogP contribution in [0, 0.1) is 5.92 Å². The Hall–Kier alpha value is -0.120. The van der Waals surface area contributed by atoms with Crippen LogP contribution in [0.1, 0.15) is 52.4 Å². The average molecular weight is 279 g/mol. The molecule has 2 atom stereocenters. The van der Waals surface area contributed by atoms with Gasteiger partial charge in [0.15, 0.2) is 0 Å². The first-order valence-electron chi connectivity index (χ1n) is 8.98. The molecule has 3 nitrogen and oxygen atoms in total. The summed E-state index contributed by atoms with van der Waals surface area (Å²) in [5, 5.41) is 3.50. The second-order valence-electron chi connectivity index (χ2n) is 7.35. The van der Waals surface area contributed by atoms with Crippen molar-refractivity contribution in [3.63, 3.8) is 0 Å². The molecule has 3 fully saturated rings. The van der Waals surface area contributed by atoms with Crippen molar-refractivity contribution >= 4 is 0 Å². The van der Waals surface area contributed by atoms with Crippen molar-refractivity contribution in [3.05, 3.63) is 0 Å². The third-order valence-corrected chi connectivity index (χ3v) is 5.60. The molecule has 2 heterocycles. The number of likely N-dealkylation sites (tertiary alicyclic amines) is 1. The standard InChI is InChI=1S/C17H33N3/c1-3-10-19(12-15-6-8-18-9-7-15)17-11-14(2)20(13-17)16-4-5-16/h14-18H,3-13H2,1-2H3. The van der Waals surface area contributed by atoms with Crippen LogP contribution in [0.2, 0.25) is 0 Å². The van der Waals surface area contributed by atoms with Gasteiger partial charge in [0.1, 0.15) is 0 Å². The molecule has 116 valence electrons. The van der Waals surface area contributed by atoms with E-state index in [9.17, 15) is 0 Å².